The Morgan fingerprint density at radius 1 is 1.11 bits per heavy atom. The number of methoxy groups -OCH3 is 1. The average Bonchev–Trinajstić information content (AvgIpc) is 3.24. The SMILES string of the molecule is COc1ccc2cc3n(c2c1)CC(C)(C(=O)NCCCN1CC(C)CC(C)C1)N(C1CCCCC1)C3=O. The highest BCUT2D eigenvalue weighted by Gasteiger charge is 2.50. The maximum atomic E-state index is 14.0. The first-order valence-corrected chi connectivity index (χ1v) is 14.3. The van der Waals surface area contributed by atoms with E-state index in [4.69, 9.17) is 4.74 Å². The highest BCUT2D eigenvalue weighted by molar-refractivity contribution is 6.04. The molecule has 3 atom stereocenters. The van der Waals surface area contributed by atoms with Crippen molar-refractivity contribution in [2.45, 2.75) is 83.8 Å². The number of carbonyl (C=O) groups excluding carboxylic acids is 2. The number of nitrogens with one attached hydrogen (secondary N) is 1. The average molecular weight is 509 g/mol. The molecule has 7 heteroatoms. The number of aromatic nitrogens is 1. The lowest BCUT2D eigenvalue weighted by Gasteiger charge is -2.49. The first-order valence-electron chi connectivity index (χ1n) is 14.3. The quantitative estimate of drug-likeness (QED) is 0.552. The summed E-state index contributed by atoms with van der Waals surface area (Å²) in [4.78, 5) is 32.4. The van der Waals surface area contributed by atoms with E-state index in [9.17, 15) is 9.59 Å². The molecule has 2 aliphatic heterocycles. The van der Waals surface area contributed by atoms with Crippen LogP contribution in [0.1, 0.15) is 76.2 Å². The van der Waals surface area contributed by atoms with Gasteiger partial charge in [-0.05, 0) is 69.2 Å². The lowest BCUT2D eigenvalue weighted by molar-refractivity contribution is -0.134. The number of nitrogens with zero attached hydrogens (tertiary/aromatic N) is 3. The summed E-state index contributed by atoms with van der Waals surface area (Å²) in [6.07, 6.45) is 7.58. The van der Waals surface area contributed by atoms with Crippen LogP contribution >= 0.6 is 0 Å². The van der Waals surface area contributed by atoms with Crippen LogP contribution in [0, 0.1) is 11.8 Å². The molecule has 37 heavy (non-hydrogen) atoms. The zero-order chi connectivity index (χ0) is 26.2. The normalized spacial score (nSPS) is 27.4. The van der Waals surface area contributed by atoms with Crippen molar-refractivity contribution < 1.29 is 14.3 Å². The summed E-state index contributed by atoms with van der Waals surface area (Å²) < 4.78 is 7.50. The van der Waals surface area contributed by atoms with E-state index in [-0.39, 0.29) is 17.9 Å². The Morgan fingerprint density at radius 2 is 1.84 bits per heavy atom. The fourth-order valence-corrected chi connectivity index (χ4v) is 7.20. The van der Waals surface area contributed by atoms with E-state index in [1.807, 2.05) is 40.7 Å². The van der Waals surface area contributed by atoms with E-state index in [2.05, 4.69) is 24.1 Å². The van der Waals surface area contributed by atoms with E-state index < -0.39 is 5.54 Å². The van der Waals surface area contributed by atoms with Crippen molar-refractivity contribution in [1.82, 2.24) is 19.7 Å². The van der Waals surface area contributed by atoms with E-state index in [1.165, 1.54) is 12.8 Å². The summed E-state index contributed by atoms with van der Waals surface area (Å²) in [5.74, 6) is 2.16. The molecule has 1 aliphatic carbocycles. The minimum atomic E-state index is -0.935. The van der Waals surface area contributed by atoms with Gasteiger partial charge in [0.05, 0.1) is 19.2 Å². The van der Waals surface area contributed by atoms with Gasteiger partial charge in [0.2, 0.25) is 5.91 Å². The summed E-state index contributed by atoms with van der Waals surface area (Å²) in [5.41, 5.74) is 0.681. The van der Waals surface area contributed by atoms with Crippen LogP contribution in [-0.4, -0.2) is 71.1 Å². The van der Waals surface area contributed by atoms with Gasteiger partial charge in [-0.25, -0.2) is 0 Å². The van der Waals surface area contributed by atoms with Gasteiger partial charge in [-0.15, -0.1) is 0 Å². The smallest absolute Gasteiger partial charge is 0.271 e. The molecule has 1 N–H and O–H groups in total. The number of rotatable bonds is 7. The van der Waals surface area contributed by atoms with Gasteiger partial charge in [-0.2, -0.15) is 0 Å². The van der Waals surface area contributed by atoms with Crippen LogP contribution in [0.3, 0.4) is 0 Å². The third kappa shape index (κ3) is 5.12. The highest BCUT2D eigenvalue weighted by Crippen LogP contribution is 2.38. The number of likely N-dealkylation sites (tertiary alicyclic amines) is 1. The molecule has 202 valence electrons. The number of hydrogen-bond acceptors (Lipinski definition) is 4. The van der Waals surface area contributed by atoms with E-state index >= 15 is 0 Å². The number of benzene rings is 1. The topological polar surface area (TPSA) is 66.8 Å². The fraction of sp³-hybridized carbons (Fsp3) is 0.667. The predicted octanol–water partition coefficient (Wildman–Crippen LogP) is 4.68. The second-order valence-electron chi connectivity index (χ2n) is 12.1. The van der Waals surface area contributed by atoms with Gasteiger partial charge >= 0.3 is 0 Å². The number of ether oxygens (including phenoxy) is 1. The molecule has 1 saturated carbocycles. The zero-order valence-electron chi connectivity index (χ0n) is 23.1. The summed E-state index contributed by atoms with van der Waals surface area (Å²) in [6.45, 7) is 11.0. The Balaban J connectivity index is 1.36. The fourth-order valence-electron chi connectivity index (χ4n) is 7.20. The predicted molar refractivity (Wildman–Crippen MR) is 147 cm³/mol. The Hall–Kier alpha value is -2.54. The van der Waals surface area contributed by atoms with Crippen LogP contribution in [0.5, 0.6) is 5.75 Å². The van der Waals surface area contributed by atoms with Crippen LogP contribution in [-0.2, 0) is 11.3 Å². The molecule has 3 heterocycles. The Labute approximate surface area is 221 Å². The highest BCUT2D eigenvalue weighted by atomic mass is 16.5. The maximum absolute atomic E-state index is 14.0. The Morgan fingerprint density at radius 3 is 2.54 bits per heavy atom. The van der Waals surface area contributed by atoms with Crippen LogP contribution in [0.2, 0.25) is 0 Å². The zero-order valence-corrected chi connectivity index (χ0v) is 23.1. The largest absolute Gasteiger partial charge is 0.497 e. The molecule has 2 aromatic rings. The van der Waals surface area contributed by atoms with Crippen LogP contribution in [0.4, 0.5) is 0 Å². The third-order valence-corrected chi connectivity index (χ3v) is 8.86. The van der Waals surface area contributed by atoms with Crippen molar-refractivity contribution in [1.29, 1.82) is 0 Å². The van der Waals surface area contributed by atoms with E-state index in [0.717, 1.165) is 80.2 Å². The van der Waals surface area contributed by atoms with Gasteiger partial charge in [0.25, 0.3) is 5.91 Å². The lowest BCUT2D eigenvalue weighted by Crippen LogP contribution is -2.66. The molecule has 0 bridgehead atoms. The van der Waals surface area contributed by atoms with Crippen molar-refractivity contribution in [3.8, 4) is 5.75 Å². The van der Waals surface area contributed by atoms with Crippen molar-refractivity contribution in [2.75, 3.05) is 33.3 Å². The van der Waals surface area contributed by atoms with E-state index in [1.54, 1.807) is 7.11 Å². The van der Waals surface area contributed by atoms with Crippen molar-refractivity contribution in [3.05, 3.63) is 30.0 Å². The Kier molecular flexibility index (Phi) is 7.53. The van der Waals surface area contributed by atoms with Gasteiger partial charge < -0.3 is 24.4 Å². The molecular weight excluding hydrogens is 464 g/mol. The van der Waals surface area contributed by atoms with Gasteiger partial charge in [0.15, 0.2) is 0 Å². The minimum Gasteiger partial charge on any atom is -0.497 e. The van der Waals surface area contributed by atoms with Gasteiger partial charge in [0, 0.05) is 37.1 Å². The molecule has 5 rings (SSSR count). The molecule has 1 saturated heterocycles. The number of carbonyl (C=O) groups is 2. The van der Waals surface area contributed by atoms with Crippen LogP contribution in [0.15, 0.2) is 24.3 Å². The van der Waals surface area contributed by atoms with Crippen molar-refractivity contribution in [2.24, 2.45) is 11.8 Å². The molecule has 7 nitrogen and oxygen atoms in total. The van der Waals surface area contributed by atoms with Gasteiger partial charge in [-0.3, -0.25) is 9.59 Å². The molecule has 3 aliphatic rings. The van der Waals surface area contributed by atoms with E-state index in [0.29, 0.717) is 18.8 Å². The number of fused-ring (bicyclic) bond motifs is 3. The molecule has 2 amide bonds. The molecule has 1 aromatic heterocycles. The maximum Gasteiger partial charge on any atom is 0.271 e. The first kappa shape index (κ1) is 26.1. The van der Waals surface area contributed by atoms with Crippen molar-refractivity contribution >= 4 is 22.7 Å². The molecule has 0 radical (unpaired) electrons. The Bertz CT molecular complexity index is 1130. The minimum absolute atomic E-state index is 0.0257. The van der Waals surface area contributed by atoms with Gasteiger partial charge in [0.1, 0.15) is 17.0 Å². The summed E-state index contributed by atoms with van der Waals surface area (Å²) >= 11 is 0. The molecule has 1 aromatic carbocycles. The summed E-state index contributed by atoms with van der Waals surface area (Å²) in [6, 6.07) is 7.98. The first-order chi connectivity index (χ1) is 17.8. The molecule has 2 fully saturated rings. The molecule has 0 spiro atoms. The number of amides is 2. The number of piperidine rings is 1. The molecular formula is C30H44N4O3. The van der Waals surface area contributed by atoms with Crippen LogP contribution in [0.25, 0.3) is 10.9 Å². The van der Waals surface area contributed by atoms with Crippen molar-refractivity contribution in [3.63, 3.8) is 0 Å². The second kappa shape index (κ2) is 10.7. The second-order valence-corrected chi connectivity index (χ2v) is 12.1. The van der Waals surface area contributed by atoms with Crippen LogP contribution < -0.4 is 10.1 Å². The third-order valence-electron chi connectivity index (χ3n) is 8.86. The number of hydrogen-bond donors (Lipinski definition) is 1. The monoisotopic (exact) mass is 508 g/mol. The molecule has 3 unspecified atom stereocenters. The standard InChI is InChI=1S/C30H44N4O3/c1-21-15-22(2)19-32(18-21)14-8-13-31-29(36)30(3)20-33-26-17-25(37-4)12-11-23(26)16-27(33)28(35)34(30)24-9-6-5-7-10-24/h11-12,16-17,21-22,24H,5-10,13-15,18-20H2,1-4H3,(H,31,36). The lowest BCUT2D eigenvalue weighted by atomic mass is 9.86. The van der Waals surface area contributed by atoms with Gasteiger partial charge in [-0.1, -0.05) is 33.1 Å². The summed E-state index contributed by atoms with van der Waals surface area (Å²) in [7, 11) is 1.65. The summed E-state index contributed by atoms with van der Waals surface area (Å²) in [5, 5.41) is 4.24.